The second-order valence-corrected chi connectivity index (χ2v) is 9.27. The first kappa shape index (κ1) is 34.0. The molecule has 0 aromatic carbocycles. The van der Waals surface area contributed by atoms with E-state index in [1.807, 2.05) is 6.08 Å². The monoisotopic (exact) mass is 504 g/mol. The predicted molar refractivity (Wildman–Crippen MR) is 150 cm³/mol. The Morgan fingerprint density at radius 3 is 1.72 bits per heavy atom. The summed E-state index contributed by atoms with van der Waals surface area (Å²) < 4.78 is 5.15. The summed E-state index contributed by atoms with van der Waals surface area (Å²) >= 11 is 0. The zero-order chi connectivity index (χ0) is 26.7. The van der Waals surface area contributed by atoms with Gasteiger partial charge in [0.1, 0.15) is 0 Å². The fraction of sp³-hybridized carbons (Fsp3) is 0.677. The van der Waals surface area contributed by atoms with Crippen molar-refractivity contribution in [1.82, 2.24) is 0 Å². The molecule has 0 fully saturated rings. The fourth-order valence-electron chi connectivity index (χ4n) is 3.61. The highest BCUT2D eigenvalue weighted by molar-refractivity contribution is 5.83. The van der Waals surface area contributed by atoms with Gasteiger partial charge in [0.05, 0.1) is 6.61 Å². The number of ether oxygens (including phenoxy) is 1. The van der Waals surface area contributed by atoms with Crippen LogP contribution in [-0.2, 0) is 14.3 Å². The number of allylic oxidation sites excluding steroid dienone is 8. The summed E-state index contributed by atoms with van der Waals surface area (Å²) in [5.74, 6) is -0.876. The fourth-order valence-corrected chi connectivity index (χ4v) is 3.61. The Labute approximate surface area is 220 Å². The minimum atomic E-state index is -1.46. The van der Waals surface area contributed by atoms with Gasteiger partial charge >= 0.3 is 5.97 Å². The van der Waals surface area contributed by atoms with E-state index in [0.717, 1.165) is 51.4 Å². The maximum atomic E-state index is 12.1. The first-order valence-corrected chi connectivity index (χ1v) is 14.2. The Morgan fingerprint density at radius 2 is 1.17 bits per heavy atom. The first-order chi connectivity index (χ1) is 17.6. The second-order valence-electron chi connectivity index (χ2n) is 9.27. The van der Waals surface area contributed by atoms with Crippen molar-refractivity contribution >= 4 is 11.8 Å². The molecule has 0 spiro atoms. The van der Waals surface area contributed by atoms with Crippen LogP contribution in [0.3, 0.4) is 0 Å². The van der Waals surface area contributed by atoms with E-state index in [1.54, 1.807) is 0 Å². The lowest BCUT2D eigenvalue weighted by Gasteiger charge is -2.20. The summed E-state index contributed by atoms with van der Waals surface area (Å²) in [7, 11) is 0. The number of esters is 1. The van der Waals surface area contributed by atoms with E-state index < -0.39 is 24.8 Å². The number of carbonyl (C=O) groups is 2. The molecule has 206 valence electrons. The van der Waals surface area contributed by atoms with E-state index in [2.05, 4.69) is 56.4 Å². The quantitative estimate of drug-likeness (QED) is 0.0817. The average molecular weight is 505 g/mol. The molecule has 0 aliphatic carbocycles. The molecule has 36 heavy (non-hydrogen) atoms. The summed E-state index contributed by atoms with van der Waals surface area (Å²) in [5.41, 5.74) is 0. The molecule has 0 saturated carbocycles. The van der Waals surface area contributed by atoms with Crippen LogP contribution in [0.4, 0.5) is 0 Å². The highest BCUT2D eigenvalue weighted by Gasteiger charge is 2.28. The van der Waals surface area contributed by atoms with Crippen LogP contribution in [0.15, 0.2) is 48.6 Å². The molecular formula is C31H52O5. The number of aliphatic hydroxyl groups excluding tert-OH is 2. The van der Waals surface area contributed by atoms with Gasteiger partial charge in [-0.1, -0.05) is 101 Å². The van der Waals surface area contributed by atoms with Crippen molar-refractivity contribution in [3.05, 3.63) is 48.6 Å². The Hall–Kier alpha value is -1.98. The lowest BCUT2D eigenvalue weighted by atomic mass is 10.0. The number of hydrogen-bond donors (Lipinski definition) is 2. The van der Waals surface area contributed by atoms with Crippen LogP contribution in [0.1, 0.15) is 117 Å². The van der Waals surface area contributed by atoms with Gasteiger partial charge in [-0.2, -0.15) is 0 Å². The molecule has 0 heterocycles. The van der Waals surface area contributed by atoms with Gasteiger partial charge in [-0.25, -0.2) is 0 Å². The molecule has 0 aromatic rings. The Balaban J connectivity index is 3.90. The Bertz CT molecular complexity index is 647. The second kappa shape index (κ2) is 26.1. The number of carbonyl (C=O) groups excluding carboxylic acids is 2. The molecule has 5 heteroatoms. The summed E-state index contributed by atoms with van der Waals surface area (Å²) in [6.07, 6.45) is 29.2. The first-order valence-electron chi connectivity index (χ1n) is 14.2. The SMILES string of the molecule is CCCCCC=CCC=CCC=CCC=CCCCC(=O)OC(CO)C(O)C(=O)CCCCCCC. The van der Waals surface area contributed by atoms with Gasteiger partial charge in [0.15, 0.2) is 18.0 Å². The molecule has 0 aliphatic heterocycles. The number of hydrogen-bond acceptors (Lipinski definition) is 5. The zero-order valence-electron chi connectivity index (χ0n) is 22.9. The van der Waals surface area contributed by atoms with Gasteiger partial charge in [-0.05, 0) is 51.4 Å². The summed E-state index contributed by atoms with van der Waals surface area (Å²) in [4.78, 5) is 24.1. The molecule has 2 atom stereocenters. The van der Waals surface area contributed by atoms with E-state index >= 15 is 0 Å². The Kier molecular flexibility index (Phi) is 24.7. The summed E-state index contributed by atoms with van der Waals surface area (Å²) in [6, 6.07) is 0. The maximum Gasteiger partial charge on any atom is 0.306 e. The molecule has 2 N–H and O–H groups in total. The smallest absolute Gasteiger partial charge is 0.306 e. The average Bonchev–Trinajstić information content (AvgIpc) is 2.88. The van der Waals surface area contributed by atoms with Gasteiger partial charge in [0.25, 0.3) is 0 Å². The Morgan fingerprint density at radius 1 is 0.667 bits per heavy atom. The van der Waals surface area contributed by atoms with Gasteiger partial charge < -0.3 is 14.9 Å². The molecule has 0 rings (SSSR count). The molecule has 5 nitrogen and oxygen atoms in total. The van der Waals surface area contributed by atoms with Gasteiger partial charge in [-0.3, -0.25) is 9.59 Å². The van der Waals surface area contributed by atoms with E-state index in [0.29, 0.717) is 12.8 Å². The molecule has 0 bridgehead atoms. The highest BCUT2D eigenvalue weighted by Crippen LogP contribution is 2.11. The maximum absolute atomic E-state index is 12.1. The topological polar surface area (TPSA) is 83.8 Å². The predicted octanol–water partition coefficient (Wildman–Crippen LogP) is 7.33. The molecule has 0 amide bonds. The van der Waals surface area contributed by atoms with Crippen molar-refractivity contribution in [3.63, 3.8) is 0 Å². The van der Waals surface area contributed by atoms with Crippen LogP contribution in [0.2, 0.25) is 0 Å². The van der Waals surface area contributed by atoms with Crippen molar-refractivity contribution < 1.29 is 24.5 Å². The van der Waals surface area contributed by atoms with Crippen LogP contribution in [0.25, 0.3) is 0 Å². The van der Waals surface area contributed by atoms with Gasteiger partial charge in [0.2, 0.25) is 0 Å². The molecule has 0 saturated heterocycles. The highest BCUT2D eigenvalue weighted by atomic mass is 16.6. The largest absolute Gasteiger partial charge is 0.457 e. The normalized spacial score (nSPS) is 13.9. The lowest BCUT2D eigenvalue weighted by molar-refractivity contribution is -0.161. The molecule has 0 radical (unpaired) electrons. The van der Waals surface area contributed by atoms with Crippen molar-refractivity contribution in [2.45, 2.75) is 129 Å². The van der Waals surface area contributed by atoms with E-state index in [-0.39, 0.29) is 18.6 Å². The zero-order valence-corrected chi connectivity index (χ0v) is 22.9. The van der Waals surface area contributed by atoms with Crippen LogP contribution < -0.4 is 0 Å². The third-order valence-corrected chi connectivity index (χ3v) is 5.88. The molecule has 0 aromatic heterocycles. The number of aliphatic hydroxyl groups is 2. The molecule has 0 aliphatic rings. The summed E-state index contributed by atoms with van der Waals surface area (Å²) in [5, 5.41) is 19.6. The summed E-state index contributed by atoms with van der Waals surface area (Å²) in [6.45, 7) is 3.78. The number of rotatable bonds is 24. The number of Topliss-reactive ketones (excluding diaryl/α,β-unsaturated/α-hetero) is 1. The number of unbranched alkanes of at least 4 members (excludes halogenated alkanes) is 8. The van der Waals surface area contributed by atoms with Gasteiger partial charge in [0, 0.05) is 12.8 Å². The lowest BCUT2D eigenvalue weighted by Crippen LogP contribution is -2.40. The van der Waals surface area contributed by atoms with Crippen LogP contribution in [-0.4, -0.2) is 40.8 Å². The molecule has 2 unspecified atom stereocenters. The third kappa shape index (κ3) is 21.3. The van der Waals surface area contributed by atoms with E-state index in [9.17, 15) is 19.8 Å². The third-order valence-electron chi connectivity index (χ3n) is 5.88. The van der Waals surface area contributed by atoms with Crippen molar-refractivity contribution in [1.29, 1.82) is 0 Å². The van der Waals surface area contributed by atoms with Gasteiger partial charge in [-0.15, -0.1) is 0 Å². The van der Waals surface area contributed by atoms with E-state index in [4.69, 9.17) is 4.74 Å². The minimum Gasteiger partial charge on any atom is -0.457 e. The van der Waals surface area contributed by atoms with Crippen LogP contribution in [0, 0.1) is 0 Å². The standard InChI is InChI=1S/C31H52O5/c1-3-5-7-9-10-11-12-13-14-15-16-17-18-19-20-22-24-26-30(34)36-29(27-32)31(35)28(33)25-23-21-8-6-4-2/h10-11,13-14,16-17,19-20,29,31-32,35H,3-9,12,15,18,21-27H2,1-2H3. The number of ketones is 1. The van der Waals surface area contributed by atoms with Crippen molar-refractivity contribution in [2.75, 3.05) is 6.61 Å². The van der Waals surface area contributed by atoms with Crippen LogP contribution >= 0.6 is 0 Å². The van der Waals surface area contributed by atoms with Crippen LogP contribution in [0.5, 0.6) is 0 Å². The minimum absolute atomic E-state index is 0.187. The van der Waals surface area contributed by atoms with Crippen molar-refractivity contribution in [2.24, 2.45) is 0 Å². The molecular weight excluding hydrogens is 452 g/mol. The van der Waals surface area contributed by atoms with E-state index in [1.165, 1.54) is 25.7 Å². The van der Waals surface area contributed by atoms with Crippen molar-refractivity contribution in [3.8, 4) is 0 Å².